The lowest BCUT2D eigenvalue weighted by molar-refractivity contribution is -0.383. The molecule has 0 radical (unpaired) electrons. The van der Waals surface area contributed by atoms with Gasteiger partial charge in [0.1, 0.15) is 54.7 Å². The summed E-state index contributed by atoms with van der Waals surface area (Å²) in [4.78, 5) is 51.3. The molecule has 22 heteroatoms. The third-order valence-electron chi connectivity index (χ3n) is 12.8. The summed E-state index contributed by atoms with van der Waals surface area (Å²) in [7, 11) is 0. The molecule has 0 aromatic carbocycles. The van der Waals surface area contributed by atoms with Crippen LogP contribution in [-0.4, -0.2) is 180 Å². The smallest absolute Gasteiger partial charge is 0.321 e. The molecule has 5 rings (SSSR count). The molecule has 0 aromatic heterocycles. The van der Waals surface area contributed by atoms with Crippen molar-refractivity contribution in [1.29, 1.82) is 0 Å². The molecule has 20 atom stereocenters. The van der Waals surface area contributed by atoms with Crippen LogP contribution in [0, 0.1) is 0 Å². The maximum absolute atomic E-state index is 13.2. The molecule has 5 fully saturated rings. The standard InChI is InChI=1S/C47H77ClO21/c1-11-12-13-14-15-16-17-18-19-20-21-56-44-42-39(68-47(9,10)69-42)36(26(5)58-44)65-46-41(64-30(52)22-48)38(35(25(4)60-46)62-28(7)50)67-45-40(63-29(8)51)37(34(24(3)59-45)61-27(6)49)66-43-33(55)32(54)31(53)23(2)57-43/h23-26,31-46,53-55H,11-22H2,1-10H3/t23-,24-,25-,26-,31-,32+,33+,34-,35-,36-,37+,38+,39+,40+,41+,42+,43-,44+,45-,46-/m0/s1. The molecular formula is C47H77ClO21. The Kier molecular flexibility index (Phi) is 22.1. The summed E-state index contributed by atoms with van der Waals surface area (Å²) >= 11 is 6.00. The van der Waals surface area contributed by atoms with Gasteiger partial charge in [0.15, 0.2) is 55.4 Å². The molecule has 5 aliphatic heterocycles. The van der Waals surface area contributed by atoms with Gasteiger partial charge in [0, 0.05) is 27.4 Å². The number of halogens is 1. The zero-order chi connectivity index (χ0) is 50.7. The third-order valence-corrected chi connectivity index (χ3v) is 13.0. The normalized spacial score (nSPS) is 39.8. The highest BCUT2D eigenvalue weighted by Crippen LogP contribution is 2.42. The third kappa shape index (κ3) is 15.6. The largest absolute Gasteiger partial charge is 0.457 e. The van der Waals surface area contributed by atoms with E-state index in [0.29, 0.717) is 6.61 Å². The van der Waals surface area contributed by atoms with E-state index < -0.39 is 158 Å². The number of alkyl halides is 1. The second kappa shape index (κ2) is 26.6. The first-order chi connectivity index (χ1) is 32.7. The van der Waals surface area contributed by atoms with Crippen molar-refractivity contribution in [2.45, 2.75) is 262 Å². The van der Waals surface area contributed by atoms with Crippen molar-refractivity contribution in [3.63, 3.8) is 0 Å². The second-order valence-corrected chi connectivity index (χ2v) is 19.3. The number of rotatable bonds is 23. The topological polar surface area (TPSA) is 258 Å². The first-order valence-electron chi connectivity index (χ1n) is 24.5. The lowest BCUT2D eigenvalue weighted by Crippen LogP contribution is -2.68. The van der Waals surface area contributed by atoms with E-state index >= 15 is 0 Å². The SMILES string of the molecule is CCCCCCCCCCCCO[C@@H]1O[C@@H](C)[C@H](O[C@@H]2O[C@@H](C)[C@H](OC(C)=O)[C@@H](O[C@@H]3O[C@@H](C)[C@H](OC(C)=O)[C@@H](O[C@@H]4O[C@@H](C)[C@H](O)[C@@H](O)[C@H]4O)[C@H]3OC(C)=O)[C@H]2OC(=O)CCl)[C@H]2OC(C)(C)O[C@@H]12. The van der Waals surface area contributed by atoms with E-state index in [9.17, 15) is 34.5 Å². The van der Waals surface area contributed by atoms with Crippen molar-refractivity contribution >= 4 is 35.5 Å². The Hall–Kier alpha value is -2.35. The molecule has 0 saturated carbocycles. The minimum Gasteiger partial charge on any atom is -0.457 e. The van der Waals surface area contributed by atoms with Crippen LogP contribution in [0.15, 0.2) is 0 Å². The van der Waals surface area contributed by atoms with E-state index in [2.05, 4.69) is 6.92 Å². The number of ether oxygens (including phenoxy) is 14. The van der Waals surface area contributed by atoms with Gasteiger partial charge in [0.2, 0.25) is 0 Å². The highest BCUT2D eigenvalue weighted by atomic mass is 35.5. The lowest BCUT2D eigenvalue weighted by Gasteiger charge is -2.50. The van der Waals surface area contributed by atoms with Crippen molar-refractivity contribution in [2.75, 3.05) is 12.5 Å². The van der Waals surface area contributed by atoms with Gasteiger partial charge in [-0.05, 0) is 48.0 Å². The van der Waals surface area contributed by atoms with Gasteiger partial charge in [0.25, 0.3) is 0 Å². The summed E-state index contributed by atoms with van der Waals surface area (Å²) in [5.74, 6) is -5.09. The molecule has 0 unspecified atom stereocenters. The minimum atomic E-state index is -1.83. The van der Waals surface area contributed by atoms with Gasteiger partial charge in [-0.1, -0.05) is 64.7 Å². The molecule has 3 N–H and O–H groups in total. The monoisotopic (exact) mass is 1010 g/mol. The van der Waals surface area contributed by atoms with Crippen LogP contribution in [-0.2, 0) is 85.5 Å². The van der Waals surface area contributed by atoms with Crippen LogP contribution in [0.1, 0.15) is 133 Å². The molecule has 0 bridgehead atoms. The van der Waals surface area contributed by atoms with E-state index in [-0.39, 0.29) is 0 Å². The Morgan fingerprint density at radius 2 is 0.913 bits per heavy atom. The summed E-state index contributed by atoms with van der Waals surface area (Å²) in [6, 6.07) is 0. The number of aliphatic hydroxyl groups is 3. The predicted molar refractivity (Wildman–Crippen MR) is 239 cm³/mol. The molecule has 0 aliphatic carbocycles. The molecule has 5 heterocycles. The van der Waals surface area contributed by atoms with Crippen molar-refractivity contribution in [2.24, 2.45) is 0 Å². The zero-order valence-electron chi connectivity index (χ0n) is 41.6. The van der Waals surface area contributed by atoms with Crippen LogP contribution in [0.4, 0.5) is 0 Å². The van der Waals surface area contributed by atoms with Crippen molar-refractivity contribution in [1.82, 2.24) is 0 Å². The molecule has 0 amide bonds. The molecule has 69 heavy (non-hydrogen) atoms. The maximum atomic E-state index is 13.2. The van der Waals surface area contributed by atoms with Gasteiger partial charge in [-0.15, -0.1) is 11.6 Å². The fraction of sp³-hybridized carbons (Fsp3) is 0.915. The number of hydrogen-bond acceptors (Lipinski definition) is 21. The number of carbonyl (C=O) groups is 4. The average Bonchev–Trinajstić information content (AvgIpc) is 3.61. The Bertz CT molecular complexity index is 1640. The van der Waals surface area contributed by atoms with E-state index in [0.717, 1.165) is 40.0 Å². The van der Waals surface area contributed by atoms with Crippen molar-refractivity contribution < 1.29 is 101 Å². The van der Waals surface area contributed by atoms with Gasteiger partial charge in [-0.3, -0.25) is 19.2 Å². The van der Waals surface area contributed by atoms with Crippen LogP contribution in [0.5, 0.6) is 0 Å². The fourth-order valence-electron chi connectivity index (χ4n) is 9.43. The molecule has 0 aromatic rings. The first-order valence-corrected chi connectivity index (χ1v) is 25.1. The number of aliphatic hydroxyl groups excluding tert-OH is 3. The van der Waals surface area contributed by atoms with Crippen molar-refractivity contribution in [3.8, 4) is 0 Å². The number of unbranched alkanes of at least 4 members (excludes halogenated alkanes) is 9. The zero-order valence-corrected chi connectivity index (χ0v) is 42.4. The highest BCUT2D eigenvalue weighted by Gasteiger charge is 2.60. The van der Waals surface area contributed by atoms with Crippen LogP contribution in [0.2, 0.25) is 0 Å². The number of fused-ring (bicyclic) bond motifs is 1. The quantitative estimate of drug-likeness (QED) is 0.0572. The molecule has 5 aliphatic rings. The van der Waals surface area contributed by atoms with Crippen molar-refractivity contribution in [3.05, 3.63) is 0 Å². The Morgan fingerprint density at radius 3 is 1.43 bits per heavy atom. The molecule has 398 valence electrons. The molecule has 0 spiro atoms. The summed E-state index contributed by atoms with van der Waals surface area (Å²) in [5, 5.41) is 32.0. The minimum absolute atomic E-state index is 0.435. The molecular weight excluding hydrogens is 936 g/mol. The van der Waals surface area contributed by atoms with Crippen LogP contribution in [0.25, 0.3) is 0 Å². The maximum Gasteiger partial charge on any atom is 0.321 e. The molecule has 5 saturated heterocycles. The van der Waals surface area contributed by atoms with Gasteiger partial charge >= 0.3 is 23.9 Å². The van der Waals surface area contributed by atoms with E-state index in [1.165, 1.54) is 58.8 Å². The predicted octanol–water partition coefficient (Wildman–Crippen LogP) is 3.61. The second-order valence-electron chi connectivity index (χ2n) is 19.0. The Labute approximate surface area is 409 Å². The number of esters is 4. The van der Waals surface area contributed by atoms with Crippen LogP contribution in [0.3, 0.4) is 0 Å². The van der Waals surface area contributed by atoms with E-state index in [1.807, 2.05) is 0 Å². The summed E-state index contributed by atoms with van der Waals surface area (Å²) in [6.45, 7) is 15.8. The lowest BCUT2D eigenvalue weighted by atomic mass is 9.95. The van der Waals surface area contributed by atoms with Gasteiger partial charge in [-0.2, -0.15) is 0 Å². The van der Waals surface area contributed by atoms with Crippen LogP contribution < -0.4 is 0 Å². The van der Waals surface area contributed by atoms with Gasteiger partial charge in [0.05, 0.1) is 24.4 Å². The average molecular weight is 1010 g/mol. The van der Waals surface area contributed by atoms with Gasteiger partial charge < -0.3 is 81.6 Å². The summed E-state index contributed by atoms with van der Waals surface area (Å²) in [6.07, 6.45) is -14.6. The van der Waals surface area contributed by atoms with Gasteiger partial charge in [-0.25, -0.2) is 0 Å². The number of hydrogen-bond donors (Lipinski definition) is 3. The number of carbonyl (C=O) groups excluding carboxylic acids is 4. The summed E-state index contributed by atoms with van der Waals surface area (Å²) < 4.78 is 86.3. The molecule has 21 nitrogen and oxygen atoms in total. The van der Waals surface area contributed by atoms with Crippen LogP contribution >= 0.6 is 11.6 Å². The Morgan fingerprint density at radius 1 is 0.493 bits per heavy atom. The van der Waals surface area contributed by atoms with E-state index in [4.69, 9.17) is 77.9 Å². The van der Waals surface area contributed by atoms with E-state index in [1.54, 1.807) is 27.7 Å². The fourth-order valence-corrected chi connectivity index (χ4v) is 9.49. The Balaban J connectivity index is 1.40. The highest BCUT2D eigenvalue weighted by molar-refractivity contribution is 6.26. The summed E-state index contributed by atoms with van der Waals surface area (Å²) in [5.41, 5.74) is 0. The first kappa shape index (κ1) is 57.5.